The molecule has 0 atom stereocenters. The summed E-state index contributed by atoms with van der Waals surface area (Å²) in [4.78, 5) is 0. The lowest BCUT2D eigenvalue weighted by Gasteiger charge is -2.09. The van der Waals surface area contributed by atoms with Crippen LogP contribution in [-0.2, 0) is 6.54 Å². The molecule has 0 bridgehead atoms. The molecule has 3 heteroatoms. The van der Waals surface area contributed by atoms with E-state index in [1.165, 1.54) is 24.0 Å². The summed E-state index contributed by atoms with van der Waals surface area (Å²) in [5, 5.41) is 7.24. The van der Waals surface area contributed by atoms with Crippen molar-refractivity contribution in [1.82, 2.24) is 10.6 Å². The summed E-state index contributed by atoms with van der Waals surface area (Å²) in [6.45, 7) is 2.90. The van der Waals surface area contributed by atoms with E-state index in [1.807, 2.05) is 0 Å². The van der Waals surface area contributed by atoms with Crippen LogP contribution in [0.25, 0.3) is 0 Å². The standard InChI is InChI=1S/C12H16N2S/c1-9-2-4-10(5-3-9)8-13-12(15)14-11-6-7-11/h2-5,11H,6-8H2,1H3,(H2,13,14,15). The van der Waals surface area contributed by atoms with Crippen molar-refractivity contribution < 1.29 is 0 Å². The molecule has 2 nitrogen and oxygen atoms in total. The first-order valence-corrected chi connectivity index (χ1v) is 5.75. The molecule has 2 N–H and O–H groups in total. The zero-order valence-corrected chi connectivity index (χ0v) is 9.73. The Labute approximate surface area is 96.1 Å². The quantitative estimate of drug-likeness (QED) is 0.763. The Morgan fingerprint density at radius 3 is 2.60 bits per heavy atom. The first kappa shape index (κ1) is 10.4. The van der Waals surface area contributed by atoms with Crippen LogP contribution < -0.4 is 10.6 Å². The van der Waals surface area contributed by atoms with Gasteiger partial charge in [-0.1, -0.05) is 29.8 Å². The maximum absolute atomic E-state index is 5.17. The predicted molar refractivity (Wildman–Crippen MR) is 66.8 cm³/mol. The molecular weight excluding hydrogens is 204 g/mol. The second-order valence-corrected chi connectivity index (χ2v) is 4.50. The van der Waals surface area contributed by atoms with Gasteiger partial charge in [0.2, 0.25) is 0 Å². The van der Waals surface area contributed by atoms with Crippen LogP contribution in [0.1, 0.15) is 24.0 Å². The van der Waals surface area contributed by atoms with Crippen LogP contribution in [0, 0.1) is 6.92 Å². The van der Waals surface area contributed by atoms with E-state index in [4.69, 9.17) is 12.2 Å². The van der Waals surface area contributed by atoms with E-state index in [-0.39, 0.29) is 0 Å². The first-order valence-electron chi connectivity index (χ1n) is 5.34. The lowest BCUT2D eigenvalue weighted by atomic mass is 10.1. The second-order valence-electron chi connectivity index (χ2n) is 4.09. The Morgan fingerprint density at radius 2 is 2.00 bits per heavy atom. The summed E-state index contributed by atoms with van der Waals surface area (Å²) in [7, 11) is 0. The normalized spacial score (nSPS) is 14.7. The third-order valence-electron chi connectivity index (χ3n) is 2.49. The van der Waals surface area contributed by atoms with Crippen molar-refractivity contribution in [1.29, 1.82) is 0 Å². The number of hydrogen-bond donors (Lipinski definition) is 2. The Hall–Kier alpha value is -1.09. The van der Waals surface area contributed by atoms with Gasteiger partial charge < -0.3 is 10.6 Å². The van der Waals surface area contributed by atoms with Crippen LogP contribution >= 0.6 is 12.2 Å². The smallest absolute Gasteiger partial charge is 0.166 e. The van der Waals surface area contributed by atoms with Gasteiger partial charge in [0.25, 0.3) is 0 Å². The van der Waals surface area contributed by atoms with E-state index in [9.17, 15) is 0 Å². The van der Waals surface area contributed by atoms with Crippen LogP contribution in [-0.4, -0.2) is 11.2 Å². The average Bonchev–Trinajstić information content (AvgIpc) is 3.01. The van der Waals surface area contributed by atoms with Gasteiger partial charge in [0, 0.05) is 12.6 Å². The van der Waals surface area contributed by atoms with Gasteiger partial charge in [0.15, 0.2) is 5.11 Å². The van der Waals surface area contributed by atoms with Gasteiger partial charge in [0.05, 0.1) is 0 Å². The zero-order valence-electron chi connectivity index (χ0n) is 8.92. The third-order valence-corrected chi connectivity index (χ3v) is 2.75. The van der Waals surface area contributed by atoms with Crippen LogP contribution in [0.3, 0.4) is 0 Å². The Kier molecular flexibility index (Phi) is 3.21. The van der Waals surface area contributed by atoms with Gasteiger partial charge in [0.1, 0.15) is 0 Å². The highest BCUT2D eigenvalue weighted by atomic mass is 32.1. The summed E-state index contributed by atoms with van der Waals surface area (Å²) < 4.78 is 0. The molecule has 0 unspecified atom stereocenters. The molecule has 0 aromatic heterocycles. The van der Waals surface area contributed by atoms with Crippen molar-refractivity contribution in [3.05, 3.63) is 35.4 Å². The SMILES string of the molecule is Cc1ccc(CNC(=S)NC2CC2)cc1. The molecule has 15 heavy (non-hydrogen) atoms. The highest BCUT2D eigenvalue weighted by Gasteiger charge is 2.21. The van der Waals surface area contributed by atoms with Crippen LogP contribution in [0.15, 0.2) is 24.3 Å². The van der Waals surface area contributed by atoms with Crippen LogP contribution in [0.2, 0.25) is 0 Å². The monoisotopic (exact) mass is 220 g/mol. The van der Waals surface area contributed by atoms with E-state index in [0.29, 0.717) is 6.04 Å². The van der Waals surface area contributed by atoms with Crippen LogP contribution in [0.5, 0.6) is 0 Å². The molecule has 1 aromatic rings. The minimum Gasteiger partial charge on any atom is -0.360 e. The molecule has 0 radical (unpaired) electrons. The largest absolute Gasteiger partial charge is 0.360 e. The second kappa shape index (κ2) is 4.62. The minimum absolute atomic E-state index is 0.628. The molecular formula is C12H16N2S. The van der Waals surface area contributed by atoms with Crippen molar-refractivity contribution in [2.24, 2.45) is 0 Å². The number of aryl methyl sites for hydroxylation is 1. The summed E-state index contributed by atoms with van der Waals surface area (Å²) >= 11 is 5.17. The molecule has 0 aliphatic heterocycles. The predicted octanol–water partition coefficient (Wildman–Crippen LogP) is 2.12. The zero-order chi connectivity index (χ0) is 10.7. The van der Waals surface area contributed by atoms with Gasteiger partial charge in [-0.25, -0.2) is 0 Å². The van der Waals surface area contributed by atoms with Gasteiger partial charge >= 0.3 is 0 Å². The van der Waals surface area contributed by atoms with Gasteiger partial charge in [-0.15, -0.1) is 0 Å². The van der Waals surface area contributed by atoms with Crippen molar-refractivity contribution >= 4 is 17.3 Å². The maximum atomic E-state index is 5.17. The molecule has 1 fully saturated rings. The number of nitrogens with one attached hydrogen (secondary N) is 2. The van der Waals surface area contributed by atoms with Crippen molar-refractivity contribution in [2.75, 3.05) is 0 Å². The number of benzene rings is 1. The molecule has 2 rings (SSSR count). The van der Waals surface area contributed by atoms with E-state index in [0.717, 1.165) is 11.7 Å². The van der Waals surface area contributed by atoms with Crippen molar-refractivity contribution in [3.8, 4) is 0 Å². The highest BCUT2D eigenvalue weighted by molar-refractivity contribution is 7.80. The molecule has 80 valence electrons. The first-order chi connectivity index (χ1) is 7.24. The number of hydrogen-bond acceptors (Lipinski definition) is 1. The Bertz CT molecular complexity index is 341. The molecule has 0 heterocycles. The van der Waals surface area contributed by atoms with Crippen LogP contribution in [0.4, 0.5) is 0 Å². The van der Waals surface area contributed by atoms with Gasteiger partial charge in [-0.3, -0.25) is 0 Å². The molecule has 0 spiro atoms. The molecule has 1 aliphatic carbocycles. The molecule has 1 aliphatic rings. The topological polar surface area (TPSA) is 24.1 Å². The number of rotatable bonds is 3. The third kappa shape index (κ3) is 3.51. The average molecular weight is 220 g/mol. The molecule has 1 saturated carbocycles. The van der Waals surface area contributed by atoms with E-state index in [2.05, 4.69) is 41.8 Å². The highest BCUT2D eigenvalue weighted by Crippen LogP contribution is 2.18. The summed E-state index contributed by atoms with van der Waals surface area (Å²) in [6.07, 6.45) is 2.51. The minimum atomic E-state index is 0.628. The summed E-state index contributed by atoms with van der Waals surface area (Å²) in [6, 6.07) is 9.12. The fourth-order valence-corrected chi connectivity index (χ4v) is 1.59. The molecule has 0 saturated heterocycles. The lowest BCUT2D eigenvalue weighted by molar-refractivity contribution is 0.829. The van der Waals surface area contributed by atoms with E-state index < -0.39 is 0 Å². The maximum Gasteiger partial charge on any atom is 0.166 e. The number of thiocarbonyl (C=S) groups is 1. The van der Waals surface area contributed by atoms with Crippen molar-refractivity contribution in [2.45, 2.75) is 32.4 Å². The Morgan fingerprint density at radius 1 is 1.33 bits per heavy atom. The summed E-state index contributed by atoms with van der Waals surface area (Å²) in [5.41, 5.74) is 2.55. The van der Waals surface area contributed by atoms with Gasteiger partial charge in [-0.05, 0) is 37.5 Å². The lowest BCUT2D eigenvalue weighted by Crippen LogP contribution is -2.35. The Balaban J connectivity index is 1.76. The van der Waals surface area contributed by atoms with E-state index >= 15 is 0 Å². The molecule has 0 amide bonds. The van der Waals surface area contributed by atoms with E-state index in [1.54, 1.807) is 0 Å². The van der Waals surface area contributed by atoms with Crippen molar-refractivity contribution in [3.63, 3.8) is 0 Å². The molecule has 1 aromatic carbocycles. The summed E-state index contributed by atoms with van der Waals surface area (Å²) in [5.74, 6) is 0. The fourth-order valence-electron chi connectivity index (χ4n) is 1.35. The van der Waals surface area contributed by atoms with Gasteiger partial charge in [-0.2, -0.15) is 0 Å². The fraction of sp³-hybridized carbons (Fsp3) is 0.417.